The molecule has 1 atom stereocenters. The zero-order chi connectivity index (χ0) is 13.1. The van der Waals surface area contributed by atoms with Crippen LogP contribution < -0.4 is 4.90 Å². The molecule has 5 nitrogen and oxygen atoms in total. The van der Waals surface area contributed by atoms with Crippen molar-refractivity contribution in [1.29, 1.82) is 0 Å². The number of carboxylic acids is 1. The number of aliphatic carboxylic acids is 1. The number of fused-ring (bicyclic) bond motifs is 2. The van der Waals surface area contributed by atoms with Gasteiger partial charge in [0.2, 0.25) is 5.60 Å². The van der Waals surface area contributed by atoms with Gasteiger partial charge in [-0.2, -0.15) is 0 Å². The highest BCUT2D eigenvalue weighted by molar-refractivity contribution is 6.11. The first-order valence-electron chi connectivity index (χ1n) is 5.73. The quantitative estimate of drug-likeness (QED) is 0.795. The van der Waals surface area contributed by atoms with Crippen molar-refractivity contribution < 1.29 is 19.4 Å². The number of carbonyl (C=O) groups is 2. The van der Waals surface area contributed by atoms with Crippen LogP contribution >= 0.6 is 0 Å². The van der Waals surface area contributed by atoms with Gasteiger partial charge >= 0.3 is 5.97 Å². The Morgan fingerprint density at radius 3 is 2.56 bits per heavy atom. The third-order valence-electron chi connectivity index (χ3n) is 3.63. The van der Waals surface area contributed by atoms with Crippen LogP contribution in [0.15, 0.2) is 24.3 Å². The fourth-order valence-corrected chi connectivity index (χ4v) is 2.75. The number of para-hydroxylation sites is 1. The van der Waals surface area contributed by atoms with E-state index in [1.165, 1.54) is 4.90 Å². The molecule has 0 unspecified atom stereocenters. The van der Waals surface area contributed by atoms with Crippen LogP contribution in [0.4, 0.5) is 5.69 Å². The van der Waals surface area contributed by atoms with Crippen molar-refractivity contribution in [2.45, 2.75) is 25.0 Å². The Morgan fingerprint density at radius 1 is 1.39 bits per heavy atom. The lowest BCUT2D eigenvalue weighted by Gasteiger charge is -2.14. The average molecular weight is 247 g/mol. The van der Waals surface area contributed by atoms with Crippen LogP contribution in [-0.2, 0) is 19.9 Å². The summed E-state index contributed by atoms with van der Waals surface area (Å²) in [6.45, 7) is 3.34. The van der Waals surface area contributed by atoms with E-state index < -0.39 is 17.2 Å². The summed E-state index contributed by atoms with van der Waals surface area (Å²) in [5.74, 6) is -1.32. The molecule has 2 heterocycles. The summed E-state index contributed by atoms with van der Waals surface area (Å²) < 4.78 is 5.62. The summed E-state index contributed by atoms with van der Waals surface area (Å²) in [7, 11) is 0. The highest BCUT2D eigenvalue weighted by atomic mass is 16.6. The first-order chi connectivity index (χ1) is 8.40. The van der Waals surface area contributed by atoms with E-state index in [9.17, 15) is 9.59 Å². The van der Waals surface area contributed by atoms with Crippen molar-refractivity contribution in [3.63, 3.8) is 0 Å². The molecule has 3 rings (SSSR count). The monoisotopic (exact) mass is 247 g/mol. The highest BCUT2D eigenvalue weighted by Crippen LogP contribution is 2.62. The van der Waals surface area contributed by atoms with Crippen molar-refractivity contribution >= 4 is 17.6 Å². The molecule has 0 saturated carbocycles. The number of carbonyl (C=O) groups excluding carboxylic acids is 1. The smallest absolute Gasteiger partial charge is 0.323 e. The molecular weight excluding hydrogens is 234 g/mol. The second-order valence-electron chi connectivity index (χ2n) is 5.10. The summed E-state index contributed by atoms with van der Waals surface area (Å²) in [5.41, 5.74) is -0.163. The highest BCUT2D eigenvalue weighted by Gasteiger charge is 2.74. The van der Waals surface area contributed by atoms with Gasteiger partial charge in [0.1, 0.15) is 12.1 Å². The number of hydrogen-bond acceptors (Lipinski definition) is 3. The molecule has 2 aliphatic heterocycles. The van der Waals surface area contributed by atoms with E-state index >= 15 is 0 Å². The minimum atomic E-state index is -1.03. The van der Waals surface area contributed by atoms with E-state index in [1.54, 1.807) is 12.1 Å². The Balaban J connectivity index is 2.13. The number of rotatable bonds is 2. The van der Waals surface area contributed by atoms with Crippen LogP contribution in [0.5, 0.6) is 0 Å². The lowest BCUT2D eigenvalue weighted by molar-refractivity contribution is -0.137. The maximum Gasteiger partial charge on any atom is 0.323 e. The number of nitrogens with zero attached hydrogens (tertiary/aromatic N) is 1. The van der Waals surface area contributed by atoms with Gasteiger partial charge in [-0.05, 0) is 19.9 Å². The lowest BCUT2D eigenvalue weighted by atomic mass is 9.90. The summed E-state index contributed by atoms with van der Waals surface area (Å²) in [6.07, 6.45) is 0. The van der Waals surface area contributed by atoms with Gasteiger partial charge in [-0.25, -0.2) is 0 Å². The van der Waals surface area contributed by atoms with Crippen LogP contribution in [0.25, 0.3) is 0 Å². The molecule has 0 bridgehead atoms. The van der Waals surface area contributed by atoms with Gasteiger partial charge in [-0.15, -0.1) is 0 Å². The van der Waals surface area contributed by atoms with Gasteiger partial charge in [0.05, 0.1) is 5.69 Å². The molecule has 1 amide bonds. The second-order valence-corrected chi connectivity index (χ2v) is 5.10. The van der Waals surface area contributed by atoms with Gasteiger partial charge < -0.3 is 9.84 Å². The summed E-state index contributed by atoms with van der Waals surface area (Å²) in [5, 5.41) is 8.90. The Hall–Kier alpha value is -1.88. The fraction of sp³-hybridized carbons (Fsp3) is 0.385. The van der Waals surface area contributed by atoms with Gasteiger partial charge in [0.15, 0.2) is 0 Å². The second kappa shape index (κ2) is 3.11. The van der Waals surface area contributed by atoms with Crippen LogP contribution in [0.1, 0.15) is 19.4 Å². The first kappa shape index (κ1) is 11.2. The standard InChI is InChI=1S/C13H13NO4/c1-12(2)13(18-12)8-5-3-4-6-9(8)14(11(13)17)7-10(15)16/h3-6H,7H2,1-2H3,(H,15,16)/t13-/m1/s1. The summed E-state index contributed by atoms with van der Waals surface area (Å²) in [4.78, 5) is 24.6. The molecule has 18 heavy (non-hydrogen) atoms. The van der Waals surface area contributed by atoms with Crippen molar-refractivity contribution in [3.8, 4) is 0 Å². The van der Waals surface area contributed by atoms with E-state index in [1.807, 2.05) is 26.0 Å². The molecule has 2 aliphatic rings. The third kappa shape index (κ3) is 1.14. The molecule has 1 aromatic rings. The SMILES string of the molecule is CC1(C)O[C@]12C(=O)N(CC(=O)O)c1ccccc12. The zero-order valence-electron chi connectivity index (χ0n) is 10.1. The average Bonchev–Trinajstić information content (AvgIpc) is 2.82. The van der Waals surface area contributed by atoms with Crippen LogP contribution in [0.2, 0.25) is 0 Å². The van der Waals surface area contributed by atoms with E-state index in [0.29, 0.717) is 5.69 Å². The molecule has 94 valence electrons. The molecule has 1 N–H and O–H groups in total. The molecule has 1 spiro atoms. The first-order valence-corrected chi connectivity index (χ1v) is 5.73. The zero-order valence-corrected chi connectivity index (χ0v) is 10.1. The Kier molecular flexibility index (Phi) is 1.94. The minimum absolute atomic E-state index is 0.281. The van der Waals surface area contributed by atoms with E-state index in [0.717, 1.165) is 5.56 Å². The Morgan fingerprint density at radius 2 is 2.00 bits per heavy atom. The van der Waals surface area contributed by atoms with Crippen LogP contribution in [-0.4, -0.2) is 29.1 Å². The maximum atomic E-state index is 12.4. The molecule has 5 heteroatoms. The molecule has 0 radical (unpaired) electrons. The topological polar surface area (TPSA) is 70.1 Å². The van der Waals surface area contributed by atoms with Gasteiger partial charge in [0, 0.05) is 5.56 Å². The molecule has 0 aromatic heterocycles. The number of carboxylic acid groups (broad SMARTS) is 1. The number of anilines is 1. The minimum Gasteiger partial charge on any atom is -0.480 e. The molecule has 1 aromatic carbocycles. The van der Waals surface area contributed by atoms with Crippen molar-refractivity contribution in [2.24, 2.45) is 0 Å². The largest absolute Gasteiger partial charge is 0.480 e. The molecule has 1 fully saturated rings. The number of epoxide rings is 1. The molecule has 1 saturated heterocycles. The van der Waals surface area contributed by atoms with Gasteiger partial charge in [0.25, 0.3) is 5.91 Å². The Labute approximate surface area is 104 Å². The predicted molar refractivity (Wildman–Crippen MR) is 63.3 cm³/mol. The summed E-state index contributed by atoms with van der Waals surface area (Å²) in [6, 6.07) is 7.19. The number of amides is 1. The molecule has 0 aliphatic carbocycles. The van der Waals surface area contributed by atoms with Crippen molar-refractivity contribution in [2.75, 3.05) is 11.4 Å². The number of benzene rings is 1. The van der Waals surface area contributed by atoms with Crippen molar-refractivity contribution in [3.05, 3.63) is 29.8 Å². The van der Waals surface area contributed by atoms with Crippen LogP contribution in [0, 0.1) is 0 Å². The third-order valence-corrected chi connectivity index (χ3v) is 3.63. The van der Waals surface area contributed by atoms with Gasteiger partial charge in [-0.3, -0.25) is 14.5 Å². The number of hydrogen-bond donors (Lipinski definition) is 1. The lowest BCUT2D eigenvalue weighted by Crippen LogP contribution is -2.38. The molecular formula is C13H13NO4. The Bertz CT molecular complexity index is 566. The van der Waals surface area contributed by atoms with E-state index in [-0.39, 0.29) is 12.5 Å². The van der Waals surface area contributed by atoms with E-state index in [4.69, 9.17) is 9.84 Å². The maximum absolute atomic E-state index is 12.4. The fourth-order valence-electron chi connectivity index (χ4n) is 2.75. The van der Waals surface area contributed by atoms with E-state index in [2.05, 4.69) is 0 Å². The predicted octanol–water partition coefficient (Wildman–Crippen LogP) is 1.12. The van der Waals surface area contributed by atoms with Crippen LogP contribution in [0.3, 0.4) is 0 Å². The number of ether oxygens (including phenoxy) is 1. The van der Waals surface area contributed by atoms with Crippen molar-refractivity contribution in [1.82, 2.24) is 0 Å². The van der Waals surface area contributed by atoms with Gasteiger partial charge in [-0.1, -0.05) is 18.2 Å². The normalized spacial score (nSPS) is 27.4. The summed E-state index contributed by atoms with van der Waals surface area (Å²) >= 11 is 0.